The Morgan fingerprint density at radius 3 is 2.29 bits per heavy atom. The molecule has 0 spiro atoms. The first kappa shape index (κ1) is 20.2. The van der Waals surface area contributed by atoms with Crippen molar-refractivity contribution in [2.24, 2.45) is 0 Å². The topological polar surface area (TPSA) is 59.4 Å². The molecule has 156 valence electrons. The average Bonchev–Trinajstić information content (AvgIpc) is 3.28. The van der Waals surface area contributed by atoms with Crippen LogP contribution in [0.4, 0.5) is 11.4 Å². The van der Waals surface area contributed by atoms with E-state index in [1.807, 2.05) is 91.1 Å². The summed E-state index contributed by atoms with van der Waals surface area (Å²) in [6.07, 6.45) is 3.70. The van der Waals surface area contributed by atoms with Gasteiger partial charge in [0.25, 0.3) is 5.91 Å². The molecule has 0 aliphatic heterocycles. The number of anilines is 2. The van der Waals surface area contributed by atoms with Crippen LogP contribution in [0.15, 0.2) is 97.3 Å². The van der Waals surface area contributed by atoms with Crippen molar-refractivity contribution >= 4 is 17.3 Å². The first-order valence-electron chi connectivity index (χ1n) is 10.1. The predicted molar refractivity (Wildman–Crippen MR) is 122 cm³/mol. The van der Waals surface area contributed by atoms with E-state index in [9.17, 15) is 4.79 Å². The smallest absolute Gasteiger partial charge is 0.260 e. The minimum Gasteiger partial charge on any atom is -0.484 e. The lowest BCUT2D eigenvalue weighted by molar-refractivity contribution is -0.132. The van der Waals surface area contributed by atoms with Crippen LogP contribution in [0.1, 0.15) is 5.56 Å². The molecule has 1 heterocycles. The highest BCUT2D eigenvalue weighted by Gasteiger charge is 2.12. The number of amides is 1. The summed E-state index contributed by atoms with van der Waals surface area (Å²) in [5.74, 6) is 0.552. The zero-order valence-corrected chi connectivity index (χ0v) is 17.3. The van der Waals surface area contributed by atoms with Gasteiger partial charge in [0.15, 0.2) is 6.61 Å². The standard InChI is InChI=1S/C25H24N4O2/c1-28(17-20-16-26-29(18-20)23-10-6-3-7-11-23)25(30)19-31-24-14-12-22(13-15-24)27-21-8-4-2-5-9-21/h2-16,18,27H,17,19H2,1H3. The van der Waals surface area contributed by atoms with E-state index in [1.165, 1.54) is 0 Å². The molecule has 6 nitrogen and oxygen atoms in total. The SMILES string of the molecule is CN(Cc1cnn(-c2ccccc2)c1)C(=O)COc1ccc(Nc2ccccc2)cc1. The number of hydrogen-bond acceptors (Lipinski definition) is 4. The van der Waals surface area contributed by atoms with Gasteiger partial charge in [0.1, 0.15) is 5.75 Å². The molecular formula is C25H24N4O2. The maximum absolute atomic E-state index is 12.5. The second-order valence-electron chi connectivity index (χ2n) is 7.18. The van der Waals surface area contributed by atoms with E-state index >= 15 is 0 Å². The minimum absolute atomic E-state index is 0.0191. The van der Waals surface area contributed by atoms with Crippen LogP contribution in [0.25, 0.3) is 5.69 Å². The second kappa shape index (κ2) is 9.63. The summed E-state index contributed by atoms with van der Waals surface area (Å²) in [5.41, 5.74) is 3.91. The van der Waals surface area contributed by atoms with Gasteiger partial charge < -0.3 is 15.0 Å². The fraction of sp³-hybridized carbons (Fsp3) is 0.120. The van der Waals surface area contributed by atoms with Gasteiger partial charge in [0.05, 0.1) is 11.9 Å². The van der Waals surface area contributed by atoms with Crippen molar-refractivity contribution in [3.63, 3.8) is 0 Å². The number of carbonyl (C=O) groups is 1. The van der Waals surface area contributed by atoms with E-state index in [4.69, 9.17) is 4.74 Å². The normalized spacial score (nSPS) is 10.5. The van der Waals surface area contributed by atoms with E-state index in [-0.39, 0.29) is 12.5 Å². The first-order chi connectivity index (χ1) is 15.2. The Bertz CT molecular complexity index is 1110. The van der Waals surface area contributed by atoms with Crippen molar-refractivity contribution < 1.29 is 9.53 Å². The molecule has 31 heavy (non-hydrogen) atoms. The number of aromatic nitrogens is 2. The monoisotopic (exact) mass is 412 g/mol. The van der Waals surface area contributed by atoms with Gasteiger partial charge in [0.2, 0.25) is 0 Å². The Kier molecular flexibility index (Phi) is 6.28. The highest BCUT2D eigenvalue weighted by molar-refractivity contribution is 5.77. The zero-order valence-electron chi connectivity index (χ0n) is 17.3. The van der Waals surface area contributed by atoms with Crippen molar-refractivity contribution in [1.29, 1.82) is 0 Å². The van der Waals surface area contributed by atoms with Gasteiger partial charge in [-0.2, -0.15) is 5.10 Å². The predicted octanol–water partition coefficient (Wildman–Crippen LogP) is 4.65. The summed E-state index contributed by atoms with van der Waals surface area (Å²) in [5, 5.41) is 7.69. The number of rotatable bonds is 8. The van der Waals surface area contributed by atoms with E-state index in [0.717, 1.165) is 22.6 Å². The summed E-state index contributed by atoms with van der Waals surface area (Å²) in [7, 11) is 1.76. The molecule has 0 unspecified atom stereocenters. The second-order valence-corrected chi connectivity index (χ2v) is 7.18. The Morgan fingerprint density at radius 2 is 1.58 bits per heavy atom. The number of carbonyl (C=O) groups excluding carboxylic acids is 1. The summed E-state index contributed by atoms with van der Waals surface area (Å²) < 4.78 is 7.47. The number of benzene rings is 3. The summed E-state index contributed by atoms with van der Waals surface area (Å²) in [6.45, 7) is 0.448. The van der Waals surface area contributed by atoms with Gasteiger partial charge in [-0.25, -0.2) is 4.68 Å². The minimum atomic E-state index is -0.0982. The third kappa shape index (κ3) is 5.51. The van der Waals surface area contributed by atoms with Crippen LogP contribution in [-0.2, 0) is 11.3 Å². The van der Waals surface area contributed by atoms with Gasteiger partial charge in [-0.3, -0.25) is 4.79 Å². The van der Waals surface area contributed by atoms with Gasteiger partial charge in [0, 0.05) is 36.7 Å². The van der Waals surface area contributed by atoms with E-state index in [1.54, 1.807) is 22.8 Å². The molecule has 0 aliphatic rings. The lowest BCUT2D eigenvalue weighted by atomic mass is 10.2. The molecule has 0 fully saturated rings. The van der Waals surface area contributed by atoms with Crippen molar-refractivity contribution in [3.8, 4) is 11.4 Å². The maximum atomic E-state index is 12.5. The van der Waals surface area contributed by atoms with Crippen LogP contribution >= 0.6 is 0 Å². The molecule has 0 radical (unpaired) electrons. The van der Waals surface area contributed by atoms with Crippen molar-refractivity contribution in [1.82, 2.24) is 14.7 Å². The summed E-state index contributed by atoms with van der Waals surface area (Å²) in [4.78, 5) is 14.1. The molecule has 0 aliphatic carbocycles. The van der Waals surface area contributed by atoms with Crippen molar-refractivity contribution in [3.05, 3.63) is 103 Å². The number of nitrogens with zero attached hydrogens (tertiary/aromatic N) is 3. The highest BCUT2D eigenvalue weighted by Crippen LogP contribution is 2.20. The largest absolute Gasteiger partial charge is 0.484 e. The lowest BCUT2D eigenvalue weighted by Crippen LogP contribution is -2.30. The molecule has 4 aromatic rings. The molecule has 0 bridgehead atoms. The van der Waals surface area contributed by atoms with Crippen LogP contribution in [0.5, 0.6) is 5.75 Å². The Hall–Kier alpha value is -4.06. The van der Waals surface area contributed by atoms with Crippen LogP contribution in [0.2, 0.25) is 0 Å². The maximum Gasteiger partial charge on any atom is 0.260 e. The number of hydrogen-bond donors (Lipinski definition) is 1. The Labute approximate surface area is 181 Å². The van der Waals surface area contributed by atoms with E-state index in [2.05, 4.69) is 10.4 Å². The number of nitrogens with one attached hydrogen (secondary N) is 1. The molecule has 3 aromatic carbocycles. The number of ether oxygens (including phenoxy) is 1. The fourth-order valence-electron chi connectivity index (χ4n) is 3.10. The molecule has 0 saturated carbocycles. The molecule has 1 amide bonds. The molecular weight excluding hydrogens is 388 g/mol. The molecule has 0 saturated heterocycles. The third-order valence-corrected chi connectivity index (χ3v) is 4.78. The molecule has 4 rings (SSSR count). The first-order valence-corrected chi connectivity index (χ1v) is 10.1. The van der Waals surface area contributed by atoms with Crippen LogP contribution in [0, 0.1) is 0 Å². The average molecular weight is 412 g/mol. The Morgan fingerprint density at radius 1 is 0.935 bits per heavy atom. The van der Waals surface area contributed by atoms with E-state index < -0.39 is 0 Å². The molecule has 6 heteroatoms. The number of likely N-dealkylation sites (N-methyl/N-ethyl adjacent to an activating group) is 1. The van der Waals surface area contributed by atoms with Crippen molar-refractivity contribution in [2.75, 3.05) is 19.0 Å². The summed E-state index contributed by atoms with van der Waals surface area (Å²) >= 11 is 0. The lowest BCUT2D eigenvalue weighted by Gasteiger charge is -2.16. The van der Waals surface area contributed by atoms with E-state index in [0.29, 0.717) is 12.3 Å². The number of para-hydroxylation sites is 2. The Balaban J connectivity index is 1.27. The highest BCUT2D eigenvalue weighted by atomic mass is 16.5. The van der Waals surface area contributed by atoms with Gasteiger partial charge >= 0.3 is 0 Å². The third-order valence-electron chi connectivity index (χ3n) is 4.78. The summed E-state index contributed by atoms with van der Waals surface area (Å²) in [6, 6.07) is 27.4. The fourth-order valence-corrected chi connectivity index (χ4v) is 3.10. The molecule has 1 N–H and O–H groups in total. The van der Waals surface area contributed by atoms with Crippen LogP contribution in [-0.4, -0.2) is 34.2 Å². The molecule has 1 aromatic heterocycles. The van der Waals surface area contributed by atoms with Crippen LogP contribution < -0.4 is 10.1 Å². The zero-order chi connectivity index (χ0) is 21.5. The quantitative estimate of drug-likeness (QED) is 0.458. The van der Waals surface area contributed by atoms with Crippen LogP contribution in [0.3, 0.4) is 0 Å². The van der Waals surface area contributed by atoms with Gasteiger partial charge in [-0.15, -0.1) is 0 Å². The molecule has 0 atom stereocenters. The van der Waals surface area contributed by atoms with Crippen molar-refractivity contribution in [2.45, 2.75) is 6.54 Å². The van der Waals surface area contributed by atoms with Gasteiger partial charge in [-0.05, 0) is 48.5 Å². The van der Waals surface area contributed by atoms with Gasteiger partial charge in [-0.1, -0.05) is 36.4 Å².